The largest absolute Gasteiger partial charge is 0.329 e. The highest BCUT2D eigenvalue weighted by atomic mass is 16.1. The summed E-state index contributed by atoms with van der Waals surface area (Å²) >= 11 is 0. The van der Waals surface area contributed by atoms with Gasteiger partial charge in [0, 0.05) is 11.2 Å². The first-order valence-electron chi connectivity index (χ1n) is 6.45. The molecule has 0 aliphatic rings. The van der Waals surface area contributed by atoms with Crippen LogP contribution in [0.15, 0.2) is 24.3 Å². The number of hydrogen-bond acceptors (Lipinski definition) is 2. The van der Waals surface area contributed by atoms with Crippen molar-refractivity contribution in [3.63, 3.8) is 0 Å². The molecule has 1 rings (SSSR count). The molecule has 0 aliphatic heterocycles. The fourth-order valence-corrected chi connectivity index (χ4v) is 1.27. The predicted octanol–water partition coefficient (Wildman–Crippen LogP) is 3.34. The summed E-state index contributed by atoms with van der Waals surface area (Å²) < 4.78 is 0. The van der Waals surface area contributed by atoms with Crippen LogP contribution in [0.3, 0.4) is 0 Å². The summed E-state index contributed by atoms with van der Waals surface area (Å²) in [6.45, 7) is 8.07. The van der Waals surface area contributed by atoms with Gasteiger partial charge in [-0.15, -0.1) is 0 Å². The van der Waals surface area contributed by atoms with Crippen LogP contribution in [0.4, 0.5) is 5.69 Å². The second-order valence-electron chi connectivity index (χ2n) is 5.43. The van der Waals surface area contributed by atoms with Crippen LogP contribution in [-0.2, 0) is 11.2 Å². The van der Waals surface area contributed by atoms with E-state index in [2.05, 4.69) is 18.3 Å². The predicted molar refractivity (Wildman–Crippen MR) is 78.7 cm³/mol. The van der Waals surface area contributed by atoms with Crippen LogP contribution in [-0.4, -0.2) is 11.9 Å². The van der Waals surface area contributed by atoms with E-state index < -0.39 is 0 Å². The van der Waals surface area contributed by atoms with Gasteiger partial charge in [-0.25, -0.2) is 0 Å². The van der Waals surface area contributed by atoms with Crippen LogP contribution in [0.5, 0.6) is 0 Å². The minimum atomic E-state index is 0. The van der Waals surface area contributed by atoms with Crippen LogP contribution in [0.25, 0.3) is 0 Å². The van der Waals surface area contributed by atoms with E-state index in [9.17, 15) is 4.79 Å². The van der Waals surface area contributed by atoms with Crippen LogP contribution in [0.1, 0.15) is 46.1 Å². The van der Waals surface area contributed by atoms with E-state index in [4.69, 9.17) is 5.73 Å². The van der Waals surface area contributed by atoms with E-state index in [1.165, 1.54) is 18.4 Å². The van der Waals surface area contributed by atoms with Gasteiger partial charge >= 0.3 is 0 Å². The Bertz CT molecular complexity index is 337. The molecule has 0 bridgehead atoms. The van der Waals surface area contributed by atoms with Gasteiger partial charge in [0.25, 0.3) is 0 Å². The van der Waals surface area contributed by atoms with E-state index in [0.717, 1.165) is 12.1 Å². The number of anilines is 1. The van der Waals surface area contributed by atoms with E-state index in [1.807, 2.05) is 39.0 Å². The zero-order valence-corrected chi connectivity index (χ0v) is 12.0. The Kier molecular flexibility index (Phi) is 8.05. The summed E-state index contributed by atoms with van der Waals surface area (Å²) in [5.74, 6) is 0. The zero-order chi connectivity index (χ0) is 14.0. The molecule has 0 radical (unpaired) electrons. The summed E-state index contributed by atoms with van der Waals surface area (Å²) in [6, 6.07) is 7.97. The first-order chi connectivity index (χ1) is 8.36. The first kappa shape index (κ1) is 16.6. The number of nitrogens with two attached hydrogens (primary N) is 1. The molecule has 0 fully saturated rings. The molecular weight excluding hydrogens is 224 g/mol. The topological polar surface area (TPSA) is 55.1 Å². The van der Waals surface area contributed by atoms with Crippen LogP contribution in [0.2, 0.25) is 0 Å². The average molecular weight is 250 g/mol. The van der Waals surface area contributed by atoms with E-state index >= 15 is 0 Å². The zero-order valence-electron chi connectivity index (χ0n) is 12.0. The number of aryl methyl sites for hydroxylation is 1. The fraction of sp³-hybridized carbons (Fsp3) is 0.533. The van der Waals surface area contributed by atoms with Gasteiger partial charge in [-0.3, -0.25) is 4.79 Å². The Hall–Kier alpha value is -1.35. The maximum Gasteiger partial charge on any atom is 0.211 e. The summed E-state index contributed by atoms with van der Waals surface area (Å²) in [5.41, 5.74) is 7.52. The van der Waals surface area contributed by atoms with Crippen LogP contribution in [0, 0.1) is 0 Å². The second-order valence-corrected chi connectivity index (χ2v) is 5.43. The van der Waals surface area contributed by atoms with Crippen molar-refractivity contribution in [3.8, 4) is 0 Å². The SMILES string of the molecule is CC(C)(C)N.CCCCc1cccc(NC=O)c1. The third kappa shape index (κ3) is 11.1. The normalized spacial score (nSPS) is 10.3. The van der Waals surface area contributed by atoms with Crippen molar-refractivity contribution in [2.24, 2.45) is 5.73 Å². The number of carbonyl (C=O) groups excluding carboxylic acids is 1. The van der Waals surface area contributed by atoms with Gasteiger partial charge in [-0.05, 0) is 51.3 Å². The van der Waals surface area contributed by atoms with Gasteiger partial charge in [0.05, 0.1) is 0 Å². The number of rotatable bonds is 5. The molecule has 0 saturated carbocycles. The highest BCUT2D eigenvalue weighted by Crippen LogP contribution is 2.11. The quantitative estimate of drug-likeness (QED) is 0.787. The number of nitrogens with one attached hydrogen (secondary N) is 1. The molecule has 0 saturated heterocycles. The van der Waals surface area contributed by atoms with Gasteiger partial charge in [0.1, 0.15) is 0 Å². The van der Waals surface area contributed by atoms with E-state index in [-0.39, 0.29) is 5.54 Å². The van der Waals surface area contributed by atoms with Crippen molar-refractivity contribution in [2.75, 3.05) is 5.32 Å². The van der Waals surface area contributed by atoms with Crippen molar-refractivity contribution in [1.82, 2.24) is 0 Å². The second kappa shape index (κ2) is 8.70. The molecular formula is C15H26N2O. The molecule has 0 spiro atoms. The third-order valence-corrected chi connectivity index (χ3v) is 1.97. The molecule has 3 nitrogen and oxygen atoms in total. The lowest BCUT2D eigenvalue weighted by Gasteiger charge is -2.06. The molecule has 102 valence electrons. The molecule has 1 aromatic rings. The summed E-state index contributed by atoms with van der Waals surface area (Å²) in [4.78, 5) is 10.2. The van der Waals surface area contributed by atoms with E-state index in [0.29, 0.717) is 6.41 Å². The molecule has 0 atom stereocenters. The van der Waals surface area contributed by atoms with E-state index in [1.54, 1.807) is 0 Å². The van der Waals surface area contributed by atoms with Crippen molar-refractivity contribution < 1.29 is 4.79 Å². The van der Waals surface area contributed by atoms with Crippen LogP contribution >= 0.6 is 0 Å². The van der Waals surface area contributed by atoms with Crippen molar-refractivity contribution in [2.45, 2.75) is 52.5 Å². The minimum Gasteiger partial charge on any atom is -0.329 e. The number of hydrogen-bond donors (Lipinski definition) is 2. The molecule has 1 aromatic carbocycles. The number of unbranched alkanes of at least 4 members (excludes halogenated alkanes) is 1. The van der Waals surface area contributed by atoms with Gasteiger partial charge in [-0.1, -0.05) is 25.5 Å². The molecule has 1 amide bonds. The lowest BCUT2D eigenvalue weighted by molar-refractivity contribution is -0.105. The number of benzene rings is 1. The fourth-order valence-electron chi connectivity index (χ4n) is 1.27. The molecule has 0 aromatic heterocycles. The highest BCUT2D eigenvalue weighted by Gasteiger charge is 1.95. The highest BCUT2D eigenvalue weighted by molar-refractivity contribution is 5.71. The van der Waals surface area contributed by atoms with Gasteiger partial charge < -0.3 is 11.1 Å². The standard InChI is InChI=1S/C11H15NO.C4H11N/c1-2-3-5-10-6-4-7-11(8-10)12-9-13;1-4(2,3)5/h4,6-9H,2-3,5H2,1H3,(H,12,13);5H2,1-3H3. The average Bonchev–Trinajstić information content (AvgIpc) is 2.25. The minimum absolute atomic E-state index is 0. The Labute approximate surface area is 111 Å². The third-order valence-electron chi connectivity index (χ3n) is 1.97. The van der Waals surface area contributed by atoms with Crippen molar-refractivity contribution >= 4 is 12.1 Å². The van der Waals surface area contributed by atoms with Gasteiger partial charge in [0.2, 0.25) is 6.41 Å². The lowest BCUT2D eigenvalue weighted by atomic mass is 10.1. The van der Waals surface area contributed by atoms with Gasteiger partial charge in [-0.2, -0.15) is 0 Å². The summed E-state index contributed by atoms with van der Waals surface area (Å²) in [5, 5.41) is 2.64. The van der Waals surface area contributed by atoms with Crippen molar-refractivity contribution in [1.29, 1.82) is 0 Å². The molecule has 3 heteroatoms. The molecule has 0 heterocycles. The molecule has 0 unspecified atom stereocenters. The number of carbonyl (C=O) groups is 1. The summed E-state index contributed by atoms with van der Waals surface area (Å²) in [7, 11) is 0. The molecule has 18 heavy (non-hydrogen) atoms. The molecule has 0 aliphatic carbocycles. The number of amides is 1. The lowest BCUT2D eigenvalue weighted by Crippen LogP contribution is -2.26. The Morgan fingerprint density at radius 1 is 1.33 bits per heavy atom. The van der Waals surface area contributed by atoms with Gasteiger partial charge in [0.15, 0.2) is 0 Å². The Morgan fingerprint density at radius 2 is 1.94 bits per heavy atom. The first-order valence-corrected chi connectivity index (χ1v) is 6.45. The maximum atomic E-state index is 10.2. The Morgan fingerprint density at radius 3 is 2.44 bits per heavy atom. The smallest absolute Gasteiger partial charge is 0.211 e. The van der Waals surface area contributed by atoms with Crippen molar-refractivity contribution in [3.05, 3.63) is 29.8 Å². The Balaban J connectivity index is 0.000000494. The summed E-state index contributed by atoms with van der Waals surface area (Å²) in [6.07, 6.45) is 4.19. The monoisotopic (exact) mass is 250 g/mol. The molecule has 3 N–H and O–H groups in total. The van der Waals surface area contributed by atoms with Crippen LogP contribution < -0.4 is 11.1 Å². The maximum absolute atomic E-state index is 10.2.